The van der Waals surface area contributed by atoms with E-state index in [4.69, 9.17) is 5.73 Å². The molecule has 1 aromatic carbocycles. The summed E-state index contributed by atoms with van der Waals surface area (Å²) in [6.45, 7) is 0. The van der Waals surface area contributed by atoms with Crippen LogP contribution in [0.15, 0.2) is 22.7 Å². The first kappa shape index (κ1) is 11.5. The number of halogens is 1. The number of carbonyl (C=O) groups is 1. The third kappa shape index (κ3) is 2.07. The highest BCUT2D eigenvalue weighted by atomic mass is 79.9. The van der Waals surface area contributed by atoms with Crippen molar-refractivity contribution in [3.05, 3.63) is 28.2 Å². The smallest absolute Gasteiger partial charge is 0.255 e. The van der Waals surface area contributed by atoms with Crippen molar-refractivity contribution in [2.45, 2.75) is 25.3 Å². The summed E-state index contributed by atoms with van der Waals surface area (Å²) < 4.78 is 0.804. The van der Waals surface area contributed by atoms with E-state index in [9.17, 15) is 4.79 Å². The Labute approximate surface area is 104 Å². The third-order valence-corrected chi connectivity index (χ3v) is 3.86. The number of hydrogen-bond acceptors (Lipinski definition) is 2. The highest BCUT2D eigenvalue weighted by Gasteiger charge is 2.27. The van der Waals surface area contributed by atoms with Crippen LogP contribution >= 0.6 is 15.9 Å². The number of nitrogens with two attached hydrogens (primary N) is 1. The van der Waals surface area contributed by atoms with Gasteiger partial charge >= 0.3 is 0 Å². The van der Waals surface area contributed by atoms with Crippen LogP contribution in [0.2, 0.25) is 0 Å². The Bertz CT molecular complexity index is 415. The maximum atomic E-state index is 12.2. The van der Waals surface area contributed by atoms with E-state index in [1.54, 1.807) is 12.1 Å². The molecule has 3 nitrogen and oxygen atoms in total. The summed E-state index contributed by atoms with van der Waals surface area (Å²) in [5.74, 6) is 0.0453. The molecule has 1 aromatic rings. The maximum absolute atomic E-state index is 12.2. The Hall–Kier alpha value is -1.03. The summed E-state index contributed by atoms with van der Waals surface area (Å²) in [5, 5.41) is 0. The Morgan fingerprint density at radius 2 is 2.19 bits per heavy atom. The standard InChI is InChI=1S/C12H15BrN2O/c1-15(9-3-2-4-9)12(16)10-7-8(14)5-6-11(10)13/h5-7,9H,2-4,14H2,1H3. The van der Waals surface area contributed by atoms with Gasteiger partial charge in [0.25, 0.3) is 5.91 Å². The van der Waals surface area contributed by atoms with E-state index in [0.29, 0.717) is 17.3 Å². The number of anilines is 1. The highest BCUT2D eigenvalue weighted by molar-refractivity contribution is 9.10. The monoisotopic (exact) mass is 282 g/mol. The molecule has 2 rings (SSSR count). The van der Waals surface area contributed by atoms with E-state index in [1.807, 2.05) is 18.0 Å². The first-order valence-electron chi connectivity index (χ1n) is 5.42. The zero-order chi connectivity index (χ0) is 11.7. The van der Waals surface area contributed by atoms with Gasteiger partial charge in [-0.3, -0.25) is 4.79 Å². The molecule has 1 fully saturated rings. The molecule has 0 spiro atoms. The number of hydrogen-bond donors (Lipinski definition) is 1. The molecular formula is C12H15BrN2O. The zero-order valence-corrected chi connectivity index (χ0v) is 10.8. The van der Waals surface area contributed by atoms with E-state index >= 15 is 0 Å². The van der Waals surface area contributed by atoms with Crippen molar-refractivity contribution in [3.8, 4) is 0 Å². The van der Waals surface area contributed by atoms with Crippen LogP contribution in [-0.4, -0.2) is 23.9 Å². The second kappa shape index (κ2) is 4.45. The van der Waals surface area contributed by atoms with Crippen LogP contribution in [0, 0.1) is 0 Å². The van der Waals surface area contributed by atoms with Crippen molar-refractivity contribution in [2.24, 2.45) is 0 Å². The summed E-state index contributed by atoms with van der Waals surface area (Å²) in [6, 6.07) is 5.73. The number of nitrogens with zero attached hydrogens (tertiary/aromatic N) is 1. The molecule has 1 amide bonds. The van der Waals surface area contributed by atoms with E-state index in [1.165, 1.54) is 6.42 Å². The normalized spacial score (nSPS) is 15.6. The molecule has 1 aliphatic rings. The summed E-state index contributed by atoms with van der Waals surface area (Å²) in [7, 11) is 1.86. The van der Waals surface area contributed by atoms with Gasteiger partial charge in [0.2, 0.25) is 0 Å². The second-order valence-electron chi connectivity index (χ2n) is 4.24. The molecular weight excluding hydrogens is 268 g/mol. The van der Waals surface area contributed by atoms with Gasteiger partial charge in [-0.15, -0.1) is 0 Å². The van der Waals surface area contributed by atoms with Crippen LogP contribution in [0.5, 0.6) is 0 Å². The number of amides is 1. The van der Waals surface area contributed by atoms with Gasteiger partial charge in [-0.1, -0.05) is 0 Å². The van der Waals surface area contributed by atoms with Gasteiger partial charge < -0.3 is 10.6 Å². The van der Waals surface area contributed by atoms with Crippen molar-refractivity contribution >= 4 is 27.5 Å². The van der Waals surface area contributed by atoms with Gasteiger partial charge in [-0.25, -0.2) is 0 Å². The summed E-state index contributed by atoms with van der Waals surface area (Å²) in [4.78, 5) is 14.0. The molecule has 16 heavy (non-hydrogen) atoms. The Morgan fingerprint density at radius 1 is 1.50 bits per heavy atom. The molecule has 1 saturated carbocycles. The molecule has 1 aliphatic carbocycles. The van der Waals surface area contributed by atoms with Crippen molar-refractivity contribution in [3.63, 3.8) is 0 Å². The summed E-state index contributed by atoms with van der Waals surface area (Å²) >= 11 is 3.39. The van der Waals surface area contributed by atoms with Crippen LogP contribution in [0.4, 0.5) is 5.69 Å². The molecule has 0 atom stereocenters. The fraction of sp³-hybridized carbons (Fsp3) is 0.417. The van der Waals surface area contributed by atoms with Crippen LogP contribution in [-0.2, 0) is 0 Å². The number of carbonyl (C=O) groups excluding carboxylic acids is 1. The topological polar surface area (TPSA) is 46.3 Å². The molecule has 0 aromatic heterocycles. The predicted molar refractivity (Wildman–Crippen MR) is 68.3 cm³/mol. The molecule has 0 heterocycles. The quantitative estimate of drug-likeness (QED) is 0.848. The zero-order valence-electron chi connectivity index (χ0n) is 9.24. The van der Waals surface area contributed by atoms with Gasteiger partial charge in [0.05, 0.1) is 5.56 Å². The fourth-order valence-electron chi connectivity index (χ4n) is 1.84. The number of nitrogen functional groups attached to an aromatic ring is 1. The van der Waals surface area contributed by atoms with E-state index in [0.717, 1.165) is 17.3 Å². The highest BCUT2D eigenvalue weighted by Crippen LogP contribution is 2.27. The number of benzene rings is 1. The molecule has 0 unspecified atom stereocenters. The summed E-state index contributed by atoms with van der Waals surface area (Å²) in [6.07, 6.45) is 3.45. The van der Waals surface area contributed by atoms with Gasteiger partial charge in [0.15, 0.2) is 0 Å². The maximum Gasteiger partial charge on any atom is 0.255 e. The molecule has 2 N–H and O–H groups in total. The average Bonchev–Trinajstić information content (AvgIpc) is 2.18. The van der Waals surface area contributed by atoms with Gasteiger partial charge in [0.1, 0.15) is 0 Å². The van der Waals surface area contributed by atoms with Crippen molar-refractivity contribution in [1.29, 1.82) is 0 Å². The number of rotatable bonds is 2. The third-order valence-electron chi connectivity index (χ3n) is 3.16. The van der Waals surface area contributed by atoms with Gasteiger partial charge in [-0.2, -0.15) is 0 Å². The van der Waals surface area contributed by atoms with E-state index in [-0.39, 0.29) is 5.91 Å². The lowest BCUT2D eigenvalue weighted by Gasteiger charge is -2.35. The molecule has 0 aliphatic heterocycles. The van der Waals surface area contributed by atoms with Crippen molar-refractivity contribution < 1.29 is 4.79 Å². The van der Waals surface area contributed by atoms with E-state index in [2.05, 4.69) is 15.9 Å². The summed E-state index contributed by atoms with van der Waals surface area (Å²) in [5.41, 5.74) is 6.96. The molecule has 4 heteroatoms. The van der Waals surface area contributed by atoms with Crippen LogP contribution < -0.4 is 5.73 Å². The first-order valence-corrected chi connectivity index (χ1v) is 6.21. The van der Waals surface area contributed by atoms with Crippen LogP contribution in [0.3, 0.4) is 0 Å². The second-order valence-corrected chi connectivity index (χ2v) is 5.09. The molecule has 0 saturated heterocycles. The fourth-order valence-corrected chi connectivity index (χ4v) is 2.25. The minimum absolute atomic E-state index is 0.0453. The van der Waals surface area contributed by atoms with Gasteiger partial charge in [-0.05, 0) is 53.4 Å². The Balaban J connectivity index is 2.22. The van der Waals surface area contributed by atoms with Crippen molar-refractivity contribution in [2.75, 3.05) is 12.8 Å². The Morgan fingerprint density at radius 3 is 2.75 bits per heavy atom. The van der Waals surface area contributed by atoms with Crippen LogP contribution in [0.1, 0.15) is 29.6 Å². The first-order chi connectivity index (χ1) is 7.59. The molecule has 0 radical (unpaired) electrons. The van der Waals surface area contributed by atoms with Gasteiger partial charge in [0, 0.05) is 23.2 Å². The predicted octanol–water partition coefficient (Wildman–Crippen LogP) is 2.66. The van der Waals surface area contributed by atoms with Crippen molar-refractivity contribution in [1.82, 2.24) is 4.90 Å². The minimum atomic E-state index is 0.0453. The molecule has 0 bridgehead atoms. The lowest BCUT2D eigenvalue weighted by atomic mass is 9.91. The average molecular weight is 283 g/mol. The van der Waals surface area contributed by atoms with E-state index < -0.39 is 0 Å². The lowest BCUT2D eigenvalue weighted by molar-refractivity contribution is 0.0651. The Kier molecular flexibility index (Phi) is 3.19. The minimum Gasteiger partial charge on any atom is -0.399 e. The lowest BCUT2D eigenvalue weighted by Crippen LogP contribution is -2.41. The largest absolute Gasteiger partial charge is 0.399 e. The SMILES string of the molecule is CN(C(=O)c1cc(N)ccc1Br)C1CCC1. The van der Waals surface area contributed by atoms with Crippen LogP contribution in [0.25, 0.3) is 0 Å². The molecule has 86 valence electrons.